The summed E-state index contributed by atoms with van der Waals surface area (Å²) in [6.07, 6.45) is -0.312. The molecule has 0 aromatic heterocycles. The van der Waals surface area contributed by atoms with Crippen molar-refractivity contribution < 1.29 is 19.4 Å². The Kier molecular flexibility index (Phi) is 6.52. The quantitative estimate of drug-likeness (QED) is 0.746. The molecular formula is C14H20N2O4. The molecule has 0 bridgehead atoms. The normalized spacial score (nSPS) is 11.6. The molecule has 0 radical (unpaired) electrons. The molecule has 1 unspecified atom stereocenters. The Labute approximate surface area is 118 Å². The summed E-state index contributed by atoms with van der Waals surface area (Å²) >= 11 is 0. The lowest BCUT2D eigenvalue weighted by molar-refractivity contribution is -0.116. The second-order valence-electron chi connectivity index (χ2n) is 4.36. The number of hydrogen-bond donors (Lipinski definition) is 3. The van der Waals surface area contributed by atoms with E-state index in [4.69, 9.17) is 9.84 Å². The Morgan fingerprint density at radius 1 is 1.20 bits per heavy atom. The first kappa shape index (κ1) is 16.0. The zero-order chi connectivity index (χ0) is 15.0. The van der Waals surface area contributed by atoms with Crippen molar-refractivity contribution in [3.05, 3.63) is 24.3 Å². The third-order valence-corrected chi connectivity index (χ3v) is 2.48. The zero-order valence-electron chi connectivity index (χ0n) is 11.7. The maximum Gasteiger partial charge on any atom is 0.411 e. The third-order valence-electron chi connectivity index (χ3n) is 2.48. The highest BCUT2D eigenvalue weighted by atomic mass is 16.5. The van der Waals surface area contributed by atoms with E-state index in [1.165, 1.54) is 0 Å². The molecule has 0 saturated heterocycles. The van der Waals surface area contributed by atoms with E-state index in [0.29, 0.717) is 24.4 Å². The molecule has 1 atom stereocenters. The van der Waals surface area contributed by atoms with Gasteiger partial charge in [-0.05, 0) is 44.5 Å². The summed E-state index contributed by atoms with van der Waals surface area (Å²) in [4.78, 5) is 22.8. The van der Waals surface area contributed by atoms with Crippen LogP contribution in [0.25, 0.3) is 0 Å². The van der Waals surface area contributed by atoms with E-state index in [1.54, 1.807) is 38.1 Å². The van der Waals surface area contributed by atoms with Crippen molar-refractivity contribution in [2.45, 2.75) is 32.8 Å². The van der Waals surface area contributed by atoms with Gasteiger partial charge >= 0.3 is 6.09 Å². The summed E-state index contributed by atoms with van der Waals surface area (Å²) in [5.41, 5.74) is 1.22. The Morgan fingerprint density at radius 3 is 2.25 bits per heavy atom. The van der Waals surface area contributed by atoms with Crippen LogP contribution >= 0.6 is 0 Å². The number of hydrogen-bond acceptors (Lipinski definition) is 4. The number of aliphatic hydroxyl groups excluding tert-OH is 1. The maximum atomic E-state index is 11.6. The number of aliphatic hydroxyl groups is 1. The van der Waals surface area contributed by atoms with Crippen molar-refractivity contribution in [2.24, 2.45) is 0 Å². The van der Waals surface area contributed by atoms with E-state index in [9.17, 15) is 9.59 Å². The molecule has 20 heavy (non-hydrogen) atoms. The van der Waals surface area contributed by atoms with Gasteiger partial charge in [0.05, 0.1) is 12.7 Å². The largest absolute Gasteiger partial charge is 0.450 e. The summed E-state index contributed by atoms with van der Waals surface area (Å²) < 4.78 is 4.75. The van der Waals surface area contributed by atoms with Gasteiger partial charge in [-0.15, -0.1) is 0 Å². The van der Waals surface area contributed by atoms with Crippen LogP contribution in [0.5, 0.6) is 0 Å². The number of benzene rings is 1. The molecule has 3 N–H and O–H groups in total. The lowest BCUT2D eigenvalue weighted by Crippen LogP contribution is -2.15. The summed E-state index contributed by atoms with van der Waals surface area (Å²) in [5.74, 6) is -0.156. The number of anilines is 2. The highest BCUT2D eigenvalue weighted by Gasteiger charge is 2.05. The molecule has 6 nitrogen and oxygen atoms in total. The van der Waals surface area contributed by atoms with Gasteiger partial charge in [0.15, 0.2) is 0 Å². The lowest BCUT2D eigenvalue weighted by Gasteiger charge is -2.08. The van der Waals surface area contributed by atoms with Crippen LogP contribution < -0.4 is 10.6 Å². The van der Waals surface area contributed by atoms with Crippen molar-refractivity contribution in [2.75, 3.05) is 17.2 Å². The van der Waals surface area contributed by atoms with E-state index in [-0.39, 0.29) is 12.3 Å². The molecule has 1 aromatic rings. The average molecular weight is 280 g/mol. The van der Waals surface area contributed by atoms with Crippen molar-refractivity contribution in [3.63, 3.8) is 0 Å². The topological polar surface area (TPSA) is 87.7 Å². The van der Waals surface area contributed by atoms with Crippen LogP contribution in [0.4, 0.5) is 16.2 Å². The van der Waals surface area contributed by atoms with Crippen LogP contribution in [0.15, 0.2) is 24.3 Å². The van der Waals surface area contributed by atoms with Crippen molar-refractivity contribution in [1.82, 2.24) is 0 Å². The van der Waals surface area contributed by atoms with Gasteiger partial charge in [0.1, 0.15) is 0 Å². The molecule has 0 spiro atoms. The Bertz CT molecular complexity index is 443. The molecule has 0 heterocycles. The smallest absolute Gasteiger partial charge is 0.411 e. The molecule has 110 valence electrons. The molecule has 1 rings (SSSR count). The maximum absolute atomic E-state index is 11.6. The molecule has 2 amide bonds. The van der Waals surface area contributed by atoms with E-state index in [1.807, 2.05) is 0 Å². The molecule has 0 saturated carbocycles. The van der Waals surface area contributed by atoms with Gasteiger partial charge in [-0.3, -0.25) is 10.1 Å². The van der Waals surface area contributed by atoms with E-state index < -0.39 is 12.2 Å². The van der Waals surface area contributed by atoms with Crippen molar-refractivity contribution in [3.8, 4) is 0 Å². The first-order chi connectivity index (χ1) is 9.51. The number of nitrogens with one attached hydrogen (secondary N) is 2. The number of ether oxygens (including phenoxy) is 1. The van der Waals surface area contributed by atoms with Gasteiger partial charge in [-0.1, -0.05) is 0 Å². The molecule has 6 heteroatoms. The fourth-order valence-corrected chi connectivity index (χ4v) is 1.49. The fraction of sp³-hybridized carbons (Fsp3) is 0.429. The van der Waals surface area contributed by atoms with Gasteiger partial charge in [0.25, 0.3) is 0 Å². The summed E-state index contributed by atoms with van der Waals surface area (Å²) in [7, 11) is 0. The Hall–Kier alpha value is -2.08. The molecular weight excluding hydrogens is 260 g/mol. The number of carbonyl (C=O) groups is 2. The van der Waals surface area contributed by atoms with E-state index in [2.05, 4.69) is 10.6 Å². The predicted molar refractivity (Wildman–Crippen MR) is 76.6 cm³/mol. The standard InChI is InChI=1S/C14H20N2O4/c1-3-20-14(19)16-12-7-5-11(6-8-12)15-13(18)9-4-10(2)17/h5-8,10,17H,3-4,9H2,1-2H3,(H,15,18)(H,16,19). The van der Waals surface area contributed by atoms with Crippen LogP contribution in [0.1, 0.15) is 26.7 Å². The second-order valence-corrected chi connectivity index (χ2v) is 4.36. The number of amides is 2. The first-order valence-corrected chi connectivity index (χ1v) is 6.53. The predicted octanol–water partition coefficient (Wildman–Crippen LogP) is 2.35. The van der Waals surface area contributed by atoms with Gasteiger partial charge in [-0.25, -0.2) is 4.79 Å². The minimum Gasteiger partial charge on any atom is -0.450 e. The summed E-state index contributed by atoms with van der Waals surface area (Å²) in [6, 6.07) is 6.70. The zero-order valence-corrected chi connectivity index (χ0v) is 11.7. The summed E-state index contributed by atoms with van der Waals surface area (Å²) in [5, 5.41) is 14.4. The monoisotopic (exact) mass is 280 g/mol. The van der Waals surface area contributed by atoms with Gasteiger partial charge in [0, 0.05) is 17.8 Å². The fourth-order valence-electron chi connectivity index (χ4n) is 1.49. The highest BCUT2D eigenvalue weighted by molar-refractivity contribution is 5.91. The first-order valence-electron chi connectivity index (χ1n) is 6.53. The van der Waals surface area contributed by atoms with E-state index in [0.717, 1.165) is 0 Å². The van der Waals surface area contributed by atoms with Gasteiger partial charge < -0.3 is 15.2 Å². The van der Waals surface area contributed by atoms with Crippen LogP contribution in [-0.4, -0.2) is 29.8 Å². The highest BCUT2D eigenvalue weighted by Crippen LogP contribution is 2.14. The van der Waals surface area contributed by atoms with E-state index >= 15 is 0 Å². The van der Waals surface area contributed by atoms with Crippen LogP contribution in [-0.2, 0) is 9.53 Å². The molecule has 0 aliphatic rings. The number of rotatable bonds is 6. The molecule has 0 aliphatic heterocycles. The Morgan fingerprint density at radius 2 is 1.75 bits per heavy atom. The summed E-state index contributed by atoms with van der Waals surface area (Å²) in [6.45, 7) is 3.68. The average Bonchev–Trinajstić information content (AvgIpc) is 2.39. The van der Waals surface area contributed by atoms with Crippen LogP contribution in [0.2, 0.25) is 0 Å². The lowest BCUT2D eigenvalue weighted by atomic mass is 10.2. The number of carbonyl (C=O) groups excluding carboxylic acids is 2. The molecule has 0 aliphatic carbocycles. The van der Waals surface area contributed by atoms with Gasteiger partial charge in [0.2, 0.25) is 5.91 Å². The molecule has 0 fully saturated rings. The Balaban J connectivity index is 2.46. The molecule has 1 aromatic carbocycles. The van der Waals surface area contributed by atoms with Crippen LogP contribution in [0, 0.1) is 0 Å². The minimum atomic E-state index is -0.513. The third kappa shape index (κ3) is 6.19. The second kappa shape index (κ2) is 8.16. The van der Waals surface area contributed by atoms with Crippen molar-refractivity contribution >= 4 is 23.4 Å². The SMILES string of the molecule is CCOC(=O)Nc1ccc(NC(=O)CCC(C)O)cc1. The van der Waals surface area contributed by atoms with Gasteiger partial charge in [-0.2, -0.15) is 0 Å². The van der Waals surface area contributed by atoms with Crippen molar-refractivity contribution in [1.29, 1.82) is 0 Å². The minimum absolute atomic E-state index is 0.156. The van der Waals surface area contributed by atoms with Crippen LogP contribution in [0.3, 0.4) is 0 Å².